The van der Waals surface area contributed by atoms with Gasteiger partial charge in [-0.25, -0.2) is 0 Å². The van der Waals surface area contributed by atoms with Crippen LogP contribution in [-0.2, 0) is 18.3 Å². The summed E-state index contributed by atoms with van der Waals surface area (Å²) in [6, 6.07) is 0. The number of halogens is 1. The van der Waals surface area contributed by atoms with Crippen molar-refractivity contribution in [1.29, 1.82) is 0 Å². The second kappa shape index (κ2) is 6.55. The highest BCUT2D eigenvalue weighted by Gasteiger charge is 2.14. The van der Waals surface area contributed by atoms with E-state index in [2.05, 4.69) is 10.4 Å². The lowest BCUT2D eigenvalue weighted by atomic mass is 10.1. The summed E-state index contributed by atoms with van der Waals surface area (Å²) < 4.78 is 7.42. The topological polar surface area (TPSA) is 39.1 Å². The largest absolute Gasteiger partial charge is 0.378 e. The minimum Gasteiger partial charge on any atom is -0.378 e. The highest BCUT2D eigenvalue weighted by atomic mass is 35.5. The second-order valence-corrected chi connectivity index (χ2v) is 5.29. The molecule has 0 radical (unpaired) electrons. The molecule has 0 spiro atoms. The number of ether oxygens (including phenoxy) is 1. The fourth-order valence-electron chi connectivity index (χ4n) is 2.39. The third-order valence-electron chi connectivity index (χ3n) is 3.49. The molecule has 1 aromatic heterocycles. The van der Waals surface area contributed by atoms with E-state index in [1.807, 2.05) is 14.0 Å². The summed E-state index contributed by atoms with van der Waals surface area (Å²) in [6.45, 7) is 4.67. The van der Waals surface area contributed by atoms with E-state index in [4.69, 9.17) is 16.3 Å². The summed E-state index contributed by atoms with van der Waals surface area (Å²) in [5, 5.41) is 8.46. The van der Waals surface area contributed by atoms with Crippen LogP contribution in [-0.4, -0.2) is 29.0 Å². The molecule has 1 unspecified atom stereocenters. The van der Waals surface area contributed by atoms with E-state index < -0.39 is 0 Å². The first-order chi connectivity index (χ1) is 8.68. The molecule has 2 rings (SSSR count). The molecule has 1 aliphatic rings. The molecule has 0 aromatic carbocycles. The number of hydrogen-bond acceptors (Lipinski definition) is 3. The molecule has 102 valence electrons. The summed E-state index contributed by atoms with van der Waals surface area (Å²) in [5.41, 5.74) is 2.10. The molecule has 1 N–H and O–H groups in total. The van der Waals surface area contributed by atoms with Crippen molar-refractivity contribution in [2.75, 3.05) is 13.2 Å². The van der Waals surface area contributed by atoms with Crippen molar-refractivity contribution in [2.45, 2.75) is 45.3 Å². The summed E-state index contributed by atoms with van der Waals surface area (Å²) >= 11 is 6.18. The SMILES string of the molecule is Cc1nn(C)c(Cl)c1CNCCC1CCCCO1. The predicted molar refractivity (Wildman–Crippen MR) is 72.9 cm³/mol. The minimum absolute atomic E-state index is 0.441. The fraction of sp³-hybridized carbons (Fsp3) is 0.769. The average Bonchev–Trinajstić information content (AvgIpc) is 2.61. The monoisotopic (exact) mass is 271 g/mol. The van der Waals surface area contributed by atoms with Gasteiger partial charge in [-0.05, 0) is 39.2 Å². The van der Waals surface area contributed by atoms with Crippen molar-refractivity contribution in [1.82, 2.24) is 15.1 Å². The Bertz CT molecular complexity index is 386. The number of rotatable bonds is 5. The van der Waals surface area contributed by atoms with Crippen LogP contribution in [0.15, 0.2) is 0 Å². The molecule has 1 saturated heterocycles. The molecular formula is C13H22ClN3O. The lowest BCUT2D eigenvalue weighted by Gasteiger charge is -2.22. The quantitative estimate of drug-likeness (QED) is 0.836. The molecule has 1 fully saturated rings. The van der Waals surface area contributed by atoms with Crippen LogP contribution in [0.1, 0.15) is 36.9 Å². The molecular weight excluding hydrogens is 250 g/mol. The van der Waals surface area contributed by atoms with Gasteiger partial charge in [0.15, 0.2) is 0 Å². The van der Waals surface area contributed by atoms with Crippen LogP contribution in [0.2, 0.25) is 5.15 Å². The van der Waals surface area contributed by atoms with Crippen molar-refractivity contribution in [2.24, 2.45) is 7.05 Å². The minimum atomic E-state index is 0.441. The van der Waals surface area contributed by atoms with E-state index in [0.717, 1.165) is 42.5 Å². The highest BCUT2D eigenvalue weighted by Crippen LogP contribution is 2.18. The molecule has 0 bridgehead atoms. The van der Waals surface area contributed by atoms with Crippen molar-refractivity contribution >= 4 is 11.6 Å². The normalized spacial score (nSPS) is 20.3. The van der Waals surface area contributed by atoms with E-state index in [9.17, 15) is 0 Å². The van der Waals surface area contributed by atoms with Gasteiger partial charge in [0.05, 0.1) is 11.8 Å². The Kier molecular flexibility index (Phi) is 5.03. The van der Waals surface area contributed by atoms with Gasteiger partial charge in [0, 0.05) is 25.8 Å². The zero-order chi connectivity index (χ0) is 13.0. The van der Waals surface area contributed by atoms with Crippen LogP contribution < -0.4 is 5.32 Å². The number of hydrogen-bond donors (Lipinski definition) is 1. The Labute approximate surface area is 114 Å². The molecule has 1 aromatic rings. The van der Waals surface area contributed by atoms with Crippen molar-refractivity contribution in [3.63, 3.8) is 0 Å². The van der Waals surface area contributed by atoms with Gasteiger partial charge in [-0.3, -0.25) is 4.68 Å². The van der Waals surface area contributed by atoms with E-state index in [1.165, 1.54) is 19.3 Å². The maximum atomic E-state index is 6.18. The van der Waals surface area contributed by atoms with Gasteiger partial charge in [0.25, 0.3) is 0 Å². The molecule has 5 heteroatoms. The first-order valence-electron chi connectivity index (χ1n) is 6.68. The molecule has 1 aliphatic heterocycles. The summed E-state index contributed by atoms with van der Waals surface area (Å²) in [4.78, 5) is 0. The zero-order valence-electron chi connectivity index (χ0n) is 11.2. The first kappa shape index (κ1) is 13.8. The van der Waals surface area contributed by atoms with Gasteiger partial charge in [0.1, 0.15) is 5.15 Å². The van der Waals surface area contributed by atoms with Gasteiger partial charge in [-0.15, -0.1) is 0 Å². The van der Waals surface area contributed by atoms with Crippen LogP contribution in [0, 0.1) is 6.92 Å². The predicted octanol–water partition coefficient (Wildman–Crippen LogP) is 2.43. The summed E-state index contributed by atoms with van der Waals surface area (Å²) in [6.07, 6.45) is 5.24. The Hall–Kier alpha value is -0.580. The van der Waals surface area contributed by atoms with Crippen LogP contribution in [0.5, 0.6) is 0 Å². The van der Waals surface area contributed by atoms with Crippen LogP contribution in [0.4, 0.5) is 0 Å². The van der Waals surface area contributed by atoms with E-state index >= 15 is 0 Å². The molecule has 1 atom stereocenters. The molecule has 4 nitrogen and oxygen atoms in total. The maximum Gasteiger partial charge on any atom is 0.131 e. The Balaban J connectivity index is 1.71. The van der Waals surface area contributed by atoms with Crippen molar-refractivity contribution in [3.8, 4) is 0 Å². The second-order valence-electron chi connectivity index (χ2n) is 4.93. The number of aromatic nitrogens is 2. The molecule has 2 heterocycles. The molecule has 0 amide bonds. The van der Waals surface area contributed by atoms with Crippen LogP contribution in [0.3, 0.4) is 0 Å². The van der Waals surface area contributed by atoms with E-state index in [-0.39, 0.29) is 0 Å². The molecule has 0 saturated carbocycles. The van der Waals surface area contributed by atoms with Crippen LogP contribution in [0.25, 0.3) is 0 Å². The fourth-order valence-corrected chi connectivity index (χ4v) is 2.63. The average molecular weight is 272 g/mol. The number of nitrogens with one attached hydrogen (secondary N) is 1. The Morgan fingerprint density at radius 3 is 2.94 bits per heavy atom. The summed E-state index contributed by atoms with van der Waals surface area (Å²) in [7, 11) is 1.87. The third kappa shape index (κ3) is 3.46. The molecule has 18 heavy (non-hydrogen) atoms. The highest BCUT2D eigenvalue weighted by molar-refractivity contribution is 6.30. The van der Waals surface area contributed by atoms with Gasteiger partial charge in [-0.1, -0.05) is 11.6 Å². The zero-order valence-corrected chi connectivity index (χ0v) is 12.0. The van der Waals surface area contributed by atoms with Gasteiger partial charge >= 0.3 is 0 Å². The van der Waals surface area contributed by atoms with Gasteiger partial charge < -0.3 is 10.1 Å². The third-order valence-corrected chi connectivity index (χ3v) is 3.96. The number of aryl methyl sites for hydroxylation is 2. The summed E-state index contributed by atoms with van der Waals surface area (Å²) in [5.74, 6) is 0. The van der Waals surface area contributed by atoms with E-state index in [1.54, 1.807) is 4.68 Å². The Morgan fingerprint density at radius 2 is 2.33 bits per heavy atom. The van der Waals surface area contributed by atoms with Gasteiger partial charge in [0.2, 0.25) is 0 Å². The Morgan fingerprint density at radius 1 is 1.50 bits per heavy atom. The molecule has 0 aliphatic carbocycles. The van der Waals surface area contributed by atoms with Crippen LogP contribution >= 0.6 is 11.6 Å². The lowest BCUT2D eigenvalue weighted by Crippen LogP contribution is -2.25. The van der Waals surface area contributed by atoms with Crippen molar-refractivity contribution in [3.05, 3.63) is 16.4 Å². The first-order valence-corrected chi connectivity index (χ1v) is 7.06. The standard InChI is InChI=1S/C13H22ClN3O/c1-10-12(13(14)17(2)16-10)9-15-7-6-11-5-3-4-8-18-11/h11,15H,3-9H2,1-2H3. The lowest BCUT2D eigenvalue weighted by molar-refractivity contribution is 0.0115. The van der Waals surface area contributed by atoms with E-state index in [0.29, 0.717) is 6.10 Å². The maximum absolute atomic E-state index is 6.18. The number of nitrogens with zero attached hydrogens (tertiary/aromatic N) is 2. The van der Waals surface area contributed by atoms with Gasteiger partial charge in [-0.2, -0.15) is 5.10 Å². The van der Waals surface area contributed by atoms with Crippen molar-refractivity contribution < 1.29 is 4.74 Å². The smallest absolute Gasteiger partial charge is 0.131 e.